The summed E-state index contributed by atoms with van der Waals surface area (Å²) in [6.07, 6.45) is 0.301. The van der Waals surface area contributed by atoms with E-state index in [-0.39, 0.29) is 5.91 Å². The van der Waals surface area contributed by atoms with Crippen molar-refractivity contribution in [3.63, 3.8) is 0 Å². The van der Waals surface area contributed by atoms with Crippen LogP contribution in [0.5, 0.6) is 5.75 Å². The summed E-state index contributed by atoms with van der Waals surface area (Å²) in [6.45, 7) is 0. The van der Waals surface area contributed by atoms with Crippen molar-refractivity contribution < 1.29 is 9.53 Å². The number of nitrogens with one attached hydrogen (secondary N) is 2. The molecular formula is C22H19N3O2. The highest BCUT2D eigenvalue weighted by Gasteiger charge is 2.05. The number of carbonyl (C=O) groups excluding carboxylic acids is 1. The molecule has 0 aliphatic heterocycles. The highest BCUT2D eigenvalue weighted by molar-refractivity contribution is 5.92. The summed E-state index contributed by atoms with van der Waals surface area (Å²) in [7, 11) is 1.61. The topological polar surface area (TPSA) is 74.2 Å². The Bertz CT molecular complexity index is 941. The third-order valence-corrected chi connectivity index (χ3v) is 4.00. The summed E-state index contributed by atoms with van der Waals surface area (Å²) in [5.74, 6) is 0.692. The van der Waals surface area contributed by atoms with Crippen molar-refractivity contribution in [1.29, 1.82) is 5.26 Å². The van der Waals surface area contributed by atoms with Gasteiger partial charge in [0.1, 0.15) is 5.75 Å². The summed E-state index contributed by atoms with van der Waals surface area (Å²) in [5.41, 5.74) is 4.07. The lowest BCUT2D eigenvalue weighted by Crippen LogP contribution is -2.14. The summed E-state index contributed by atoms with van der Waals surface area (Å²) in [6, 6.07) is 24.2. The van der Waals surface area contributed by atoms with Gasteiger partial charge in [0.15, 0.2) is 0 Å². The zero-order valence-electron chi connectivity index (χ0n) is 14.9. The lowest BCUT2D eigenvalue weighted by Gasteiger charge is -2.09. The second-order valence-electron chi connectivity index (χ2n) is 5.96. The maximum absolute atomic E-state index is 12.2. The molecule has 134 valence electrons. The van der Waals surface area contributed by atoms with Gasteiger partial charge in [0, 0.05) is 17.1 Å². The highest BCUT2D eigenvalue weighted by atomic mass is 16.5. The van der Waals surface area contributed by atoms with Crippen molar-refractivity contribution in [1.82, 2.24) is 0 Å². The minimum absolute atomic E-state index is 0.0760. The first kappa shape index (κ1) is 18.0. The van der Waals surface area contributed by atoms with Crippen molar-refractivity contribution in [2.24, 2.45) is 0 Å². The number of amides is 1. The lowest BCUT2D eigenvalue weighted by molar-refractivity contribution is -0.115. The second-order valence-corrected chi connectivity index (χ2v) is 5.96. The SMILES string of the molecule is COc1ccc(CC(=O)Nc2ccc(Nc3ccc(C#N)cc3)cc2)cc1. The summed E-state index contributed by atoms with van der Waals surface area (Å²) < 4.78 is 5.11. The minimum atomic E-state index is -0.0760. The van der Waals surface area contributed by atoms with E-state index in [0.717, 1.165) is 28.4 Å². The molecule has 5 nitrogen and oxygen atoms in total. The molecule has 27 heavy (non-hydrogen) atoms. The first-order chi connectivity index (χ1) is 13.2. The van der Waals surface area contributed by atoms with Gasteiger partial charge in [-0.15, -0.1) is 0 Å². The fourth-order valence-electron chi connectivity index (χ4n) is 2.57. The van der Waals surface area contributed by atoms with E-state index < -0.39 is 0 Å². The standard InChI is InChI=1S/C22H19N3O2/c1-27-21-12-4-16(5-13-21)14-22(26)25-20-10-8-19(9-11-20)24-18-6-2-17(15-23)3-7-18/h2-13,24H,14H2,1H3,(H,25,26). The molecule has 0 bridgehead atoms. The number of methoxy groups -OCH3 is 1. The first-order valence-electron chi connectivity index (χ1n) is 8.46. The smallest absolute Gasteiger partial charge is 0.228 e. The molecule has 3 aromatic carbocycles. The van der Waals surface area contributed by atoms with Crippen LogP contribution in [0.15, 0.2) is 72.8 Å². The zero-order chi connectivity index (χ0) is 19.1. The van der Waals surface area contributed by atoms with Crippen molar-refractivity contribution >= 4 is 23.0 Å². The molecule has 0 aromatic heterocycles. The van der Waals surface area contributed by atoms with E-state index in [0.29, 0.717) is 12.0 Å². The molecule has 0 aliphatic carbocycles. The Balaban J connectivity index is 1.56. The molecule has 0 saturated carbocycles. The molecule has 0 unspecified atom stereocenters. The van der Waals surface area contributed by atoms with Gasteiger partial charge >= 0.3 is 0 Å². The van der Waals surface area contributed by atoms with Crippen LogP contribution >= 0.6 is 0 Å². The molecule has 0 radical (unpaired) electrons. The minimum Gasteiger partial charge on any atom is -0.497 e. The van der Waals surface area contributed by atoms with Gasteiger partial charge in [-0.05, 0) is 66.2 Å². The Kier molecular flexibility index (Phi) is 5.70. The first-order valence-corrected chi connectivity index (χ1v) is 8.46. The Morgan fingerprint density at radius 1 is 0.889 bits per heavy atom. The average Bonchev–Trinajstić information content (AvgIpc) is 2.70. The maximum Gasteiger partial charge on any atom is 0.228 e. The molecule has 3 rings (SSSR count). The molecule has 0 atom stereocenters. The van der Waals surface area contributed by atoms with Gasteiger partial charge in [0.05, 0.1) is 25.2 Å². The van der Waals surface area contributed by atoms with Crippen LogP contribution < -0.4 is 15.4 Å². The fourth-order valence-corrected chi connectivity index (χ4v) is 2.57. The molecule has 0 fully saturated rings. The zero-order valence-corrected chi connectivity index (χ0v) is 14.9. The lowest BCUT2D eigenvalue weighted by atomic mass is 10.1. The van der Waals surface area contributed by atoms with E-state index in [1.807, 2.05) is 60.7 Å². The van der Waals surface area contributed by atoms with Crippen LogP contribution in [0.3, 0.4) is 0 Å². The summed E-state index contributed by atoms with van der Waals surface area (Å²) in [4.78, 5) is 12.2. The van der Waals surface area contributed by atoms with Crippen LogP contribution in [0.25, 0.3) is 0 Å². The van der Waals surface area contributed by atoms with Crippen LogP contribution in [0.4, 0.5) is 17.1 Å². The molecular weight excluding hydrogens is 338 g/mol. The normalized spacial score (nSPS) is 9.93. The third-order valence-electron chi connectivity index (χ3n) is 4.00. The Labute approximate surface area is 158 Å². The molecule has 0 spiro atoms. The fraction of sp³-hybridized carbons (Fsp3) is 0.0909. The average molecular weight is 357 g/mol. The van der Waals surface area contributed by atoms with Crippen molar-refractivity contribution in [3.05, 3.63) is 83.9 Å². The van der Waals surface area contributed by atoms with Crippen molar-refractivity contribution in [3.8, 4) is 11.8 Å². The predicted molar refractivity (Wildman–Crippen MR) is 106 cm³/mol. The highest BCUT2D eigenvalue weighted by Crippen LogP contribution is 2.20. The van der Waals surface area contributed by atoms with Gasteiger partial charge in [0.2, 0.25) is 5.91 Å². The van der Waals surface area contributed by atoms with Crippen molar-refractivity contribution in [2.45, 2.75) is 6.42 Å². The van der Waals surface area contributed by atoms with Gasteiger partial charge in [-0.25, -0.2) is 0 Å². The Morgan fingerprint density at radius 2 is 1.44 bits per heavy atom. The number of benzene rings is 3. The Morgan fingerprint density at radius 3 is 2.00 bits per heavy atom. The van der Waals surface area contributed by atoms with Crippen molar-refractivity contribution in [2.75, 3.05) is 17.7 Å². The number of ether oxygens (including phenoxy) is 1. The monoisotopic (exact) mass is 357 g/mol. The van der Waals surface area contributed by atoms with Gasteiger partial charge in [-0.3, -0.25) is 4.79 Å². The van der Waals surface area contributed by atoms with Crippen LogP contribution in [-0.2, 0) is 11.2 Å². The largest absolute Gasteiger partial charge is 0.497 e. The number of nitrogens with zero attached hydrogens (tertiary/aromatic N) is 1. The number of hydrogen-bond donors (Lipinski definition) is 2. The van der Waals surface area contributed by atoms with Gasteiger partial charge in [0.25, 0.3) is 0 Å². The van der Waals surface area contributed by atoms with Gasteiger partial charge < -0.3 is 15.4 Å². The quantitative estimate of drug-likeness (QED) is 0.681. The molecule has 0 heterocycles. The number of hydrogen-bond acceptors (Lipinski definition) is 4. The van der Waals surface area contributed by atoms with Crippen LogP contribution in [0.1, 0.15) is 11.1 Å². The number of carbonyl (C=O) groups is 1. The number of rotatable bonds is 6. The Hall–Kier alpha value is -3.78. The molecule has 0 aliphatic rings. The van der Waals surface area contributed by atoms with Crippen LogP contribution in [0.2, 0.25) is 0 Å². The molecule has 5 heteroatoms. The summed E-state index contributed by atoms with van der Waals surface area (Å²) in [5, 5.41) is 15.0. The third kappa shape index (κ3) is 5.10. The van der Waals surface area contributed by atoms with Crippen LogP contribution in [0, 0.1) is 11.3 Å². The number of nitriles is 1. The number of anilines is 3. The predicted octanol–water partition coefficient (Wildman–Crippen LogP) is 4.49. The van der Waals surface area contributed by atoms with E-state index in [1.165, 1.54) is 0 Å². The van der Waals surface area contributed by atoms with Gasteiger partial charge in [-0.2, -0.15) is 5.26 Å². The molecule has 0 saturated heterocycles. The van der Waals surface area contributed by atoms with E-state index in [2.05, 4.69) is 16.7 Å². The molecule has 1 amide bonds. The summed E-state index contributed by atoms with van der Waals surface area (Å²) >= 11 is 0. The van der Waals surface area contributed by atoms with Crippen LogP contribution in [-0.4, -0.2) is 13.0 Å². The van der Waals surface area contributed by atoms with E-state index >= 15 is 0 Å². The second kappa shape index (κ2) is 8.54. The van der Waals surface area contributed by atoms with E-state index in [1.54, 1.807) is 19.2 Å². The van der Waals surface area contributed by atoms with Gasteiger partial charge in [-0.1, -0.05) is 12.1 Å². The maximum atomic E-state index is 12.2. The van der Waals surface area contributed by atoms with E-state index in [9.17, 15) is 4.79 Å². The molecule has 3 aromatic rings. The van der Waals surface area contributed by atoms with E-state index in [4.69, 9.17) is 10.00 Å². The molecule has 2 N–H and O–H groups in total.